The number of aromatic amines is 1. The molecule has 0 bridgehead atoms. The fraction of sp³-hybridized carbons (Fsp3) is 0.133. The smallest absolute Gasteiger partial charge is 0.260 e. The zero-order valence-corrected chi connectivity index (χ0v) is 12.8. The molecule has 1 N–H and O–H groups in total. The molecule has 0 saturated heterocycles. The summed E-state index contributed by atoms with van der Waals surface area (Å²) >= 11 is 2.98. The number of nitriles is 1. The van der Waals surface area contributed by atoms with Crippen molar-refractivity contribution >= 4 is 33.3 Å². The first-order chi connectivity index (χ1) is 10.2. The third kappa shape index (κ3) is 2.99. The normalized spacial score (nSPS) is 10.7. The molecule has 6 heteroatoms. The van der Waals surface area contributed by atoms with Gasteiger partial charge >= 0.3 is 0 Å². The zero-order chi connectivity index (χ0) is 14.8. The van der Waals surface area contributed by atoms with Gasteiger partial charge in [0.15, 0.2) is 5.16 Å². The minimum Gasteiger partial charge on any atom is -0.301 e. The van der Waals surface area contributed by atoms with Gasteiger partial charge in [-0.15, -0.1) is 11.3 Å². The van der Waals surface area contributed by atoms with Crippen LogP contribution >= 0.6 is 23.1 Å². The summed E-state index contributed by atoms with van der Waals surface area (Å²) in [7, 11) is 0. The van der Waals surface area contributed by atoms with E-state index in [2.05, 4.69) is 16.0 Å². The van der Waals surface area contributed by atoms with E-state index < -0.39 is 0 Å². The van der Waals surface area contributed by atoms with Gasteiger partial charge in [-0.1, -0.05) is 23.9 Å². The van der Waals surface area contributed by atoms with Gasteiger partial charge < -0.3 is 4.98 Å². The van der Waals surface area contributed by atoms with Crippen molar-refractivity contribution in [3.63, 3.8) is 0 Å². The molecule has 0 spiro atoms. The van der Waals surface area contributed by atoms with Gasteiger partial charge in [0.2, 0.25) is 0 Å². The van der Waals surface area contributed by atoms with Crippen LogP contribution in [-0.4, -0.2) is 9.97 Å². The molecule has 0 fully saturated rings. The average molecular weight is 313 g/mol. The summed E-state index contributed by atoms with van der Waals surface area (Å²) < 4.78 is 0. The second kappa shape index (κ2) is 5.72. The van der Waals surface area contributed by atoms with E-state index in [-0.39, 0.29) is 5.56 Å². The Morgan fingerprint density at radius 2 is 2.29 bits per heavy atom. The summed E-state index contributed by atoms with van der Waals surface area (Å²) in [6.07, 6.45) is 0. The molecule has 0 saturated carbocycles. The van der Waals surface area contributed by atoms with Crippen molar-refractivity contribution in [3.8, 4) is 6.07 Å². The molecule has 4 nitrogen and oxygen atoms in total. The highest BCUT2D eigenvalue weighted by Gasteiger charge is 2.07. The van der Waals surface area contributed by atoms with Crippen LogP contribution in [0.2, 0.25) is 0 Å². The van der Waals surface area contributed by atoms with Crippen LogP contribution in [0.1, 0.15) is 16.0 Å². The quantitative estimate of drug-likeness (QED) is 0.594. The van der Waals surface area contributed by atoms with Crippen LogP contribution in [0.15, 0.2) is 40.3 Å². The number of hydrogen-bond donors (Lipinski definition) is 1. The van der Waals surface area contributed by atoms with Gasteiger partial charge in [0.05, 0.1) is 17.0 Å². The predicted molar refractivity (Wildman–Crippen MR) is 85.7 cm³/mol. The van der Waals surface area contributed by atoms with Crippen LogP contribution < -0.4 is 5.56 Å². The van der Waals surface area contributed by atoms with Crippen molar-refractivity contribution in [2.24, 2.45) is 0 Å². The monoisotopic (exact) mass is 313 g/mol. The van der Waals surface area contributed by atoms with E-state index in [9.17, 15) is 4.79 Å². The molecule has 0 unspecified atom stereocenters. The molecule has 0 atom stereocenters. The Balaban J connectivity index is 1.85. The number of nitrogens with zero attached hydrogens (tertiary/aromatic N) is 2. The van der Waals surface area contributed by atoms with Gasteiger partial charge in [-0.3, -0.25) is 4.79 Å². The minimum atomic E-state index is -0.0994. The molecule has 0 radical (unpaired) electrons. The number of hydrogen-bond acceptors (Lipinski definition) is 5. The van der Waals surface area contributed by atoms with Gasteiger partial charge in [-0.2, -0.15) is 5.26 Å². The van der Waals surface area contributed by atoms with Crippen LogP contribution in [0.5, 0.6) is 0 Å². The summed E-state index contributed by atoms with van der Waals surface area (Å²) in [5.41, 5.74) is 1.57. The lowest BCUT2D eigenvalue weighted by Gasteiger charge is -2.02. The van der Waals surface area contributed by atoms with Crippen LogP contribution in [-0.2, 0) is 5.75 Å². The SMILES string of the molecule is Cc1cc2c(=O)[nH]c(SCc3cccc(C#N)c3)nc2s1. The third-order valence-electron chi connectivity index (χ3n) is 2.94. The highest BCUT2D eigenvalue weighted by atomic mass is 32.2. The van der Waals surface area contributed by atoms with E-state index in [0.29, 0.717) is 21.9 Å². The number of thiophene rings is 1. The lowest BCUT2D eigenvalue weighted by molar-refractivity contribution is 0.979. The number of H-pyrrole nitrogens is 1. The Kier molecular flexibility index (Phi) is 3.78. The Hall–Kier alpha value is -2.10. The van der Waals surface area contributed by atoms with Crippen molar-refractivity contribution in [3.05, 3.63) is 56.7 Å². The molecule has 21 heavy (non-hydrogen) atoms. The van der Waals surface area contributed by atoms with Crippen molar-refractivity contribution in [1.82, 2.24) is 9.97 Å². The number of benzene rings is 1. The maximum Gasteiger partial charge on any atom is 0.260 e. The van der Waals surface area contributed by atoms with E-state index >= 15 is 0 Å². The second-order valence-corrected chi connectivity index (χ2v) is 6.75. The Labute approximate surface area is 129 Å². The summed E-state index contributed by atoms with van der Waals surface area (Å²) in [5, 5.41) is 10.1. The average Bonchev–Trinajstić information content (AvgIpc) is 2.86. The molecule has 3 aromatic rings. The fourth-order valence-corrected chi connectivity index (χ4v) is 3.72. The Morgan fingerprint density at radius 3 is 3.10 bits per heavy atom. The molecule has 0 aliphatic heterocycles. The van der Waals surface area contributed by atoms with Crippen molar-refractivity contribution < 1.29 is 0 Å². The number of thioether (sulfide) groups is 1. The molecule has 2 aromatic heterocycles. The highest BCUT2D eigenvalue weighted by Crippen LogP contribution is 2.24. The first-order valence-electron chi connectivity index (χ1n) is 6.28. The van der Waals surface area contributed by atoms with E-state index in [1.807, 2.05) is 31.2 Å². The second-order valence-electron chi connectivity index (χ2n) is 4.55. The van der Waals surface area contributed by atoms with Gasteiger partial charge in [0.25, 0.3) is 5.56 Å². The number of rotatable bonds is 3. The van der Waals surface area contributed by atoms with E-state index in [1.165, 1.54) is 23.1 Å². The van der Waals surface area contributed by atoms with Crippen molar-refractivity contribution in [1.29, 1.82) is 5.26 Å². The van der Waals surface area contributed by atoms with Gasteiger partial charge in [0, 0.05) is 10.6 Å². The first-order valence-corrected chi connectivity index (χ1v) is 8.08. The number of fused-ring (bicyclic) bond motifs is 1. The molecular weight excluding hydrogens is 302 g/mol. The zero-order valence-electron chi connectivity index (χ0n) is 11.2. The molecule has 2 heterocycles. The molecule has 1 aromatic carbocycles. The number of aromatic nitrogens is 2. The van der Waals surface area contributed by atoms with Crippen LogP contribution in [0.3, 0.4) is 0 Å². The molecule has 0 amide bonds. The van der Waals surface area contributed by atoms with Crippen LogP contribution in [0, 0.1) is 18.3 Å². The number of nitrogens with one attached hydrogen (secondary N) is 1. The van der Waals surface area contributed by atoms with Crippen LogP contribution in [0.4, 0.5) is 0 Å². The summed E-state index contributed by atoms with van der Waals surface area (Å²) in [4.78, 5) is 21.1. The van der Waals surface area contributed by atoms with Gasteiger partial charge in [-0.25, -0.2) is 4.98 Å². The van der Waals surface area contributed by atoms with Gasteiger partial charge in [-0.05, 0) is 30.7 Å². The third-order valence-corrected chi connectivity index (χ3v) is 4.82. The summed E-state index contributed by atoms with van der Waals surface area (Å²) in [6.45, 7) is 1.96. The topological polar surface area (TPSA) is 69.5 Å². The largest absolute Gasteiger partial charge is 0.301 e. The standard InChI is InChI=1S/C15H11N3OS2/c1-9-5-12-13(19)17-15(18-14(12)21-9)20-8-11-4-2-3-10(6-11)7-16/h2-6H,8H2,1H3,(H,17,18,19). The lowest BCUT2D eigenvalue weighted by Crippen LogP contribution is -2.07. The highest BCUT2D eigenvalue weighted by molar-refractivity contribution is 7.98. The molecule has 0 aliphatic rings. The fourth-order valence-electron chi connectivity index (χ4n) is 1.98. The van der Waals surface area contributed by atoms with Crippen LogP contribution in [0.25, 0.3) is 10.2 Å². The van der Waals surface area contributed by atoms with E-state index in [0.717, 1.165) is 15.3 Å². The van der Waals surface area contributed by atoms with E-state index in [4.69, 9.17) is 5.26 Å². The van der Waals surface area contributed by atoms with Crippen molar-refractivity contribution in [2.75, 3.05) is 0 Å². The Bertz CT molecular complexity index is 905. The predicted octanol–water partition coefficient (Wildman–Crippen LogP) is 3.46. The summed E-state index contributed by atoms with van der Waals surface area (Å²) in [5.74, 6) is 0.661. The van der Waals surface area contributed by atoms with E-state index in [1.54, 1.807) is 6.07 Å². The number of aryl methyl sites for hydroxylation is 1. The minimum absolute atomic E-state index is 0.0994. The summed E-state index contributed by atoms with van der Waals surface area (Å²) in [6, 6.07) is 11.4. The van der Waals surface area contributed by atoms with Gasteiger partial charge in [0.1, 0.15) is 4.83 Å². The molecule has 3 rings (SSSR count). The Morgan fingerprint density at radius 1 is 1.43 bits per heavy atom. The van der Waals surface area contributed by atoms with Crippen molar-refractivity contribution in [2.45, 2.75) is 17.8 Å². The lowest BCUT2D eigenvalue weighted by atomic mass is 10.2. The molecule has 104 valence electrons. The molecular formula is C15H11N3OS2. The first kappa shape index (κ1) is 13.9. The maximum absolute atomic E-state index is 12.0. The molecule has 0 aliphatic carbocycles. The maximum atomic E-state index is 12.0.